The molecule has 3 N–H and O–H groups in total. The molecule has 1 aliphatic carbocycles. The van der Waals surface area contributed by atoms with E-state index in [0.29, 0.717) is 12.8 Å². The van der Waals surface area contributed by atoms with Crippen molar-refractivity contribution in [3.05, 3.63) is 35.9 Å². The zero-order valence-electron chi connectivity index (χ0n) is 32.9. The highest BCUT2D eigenvalue weighted by molar-refractivity contribution is 6.03. The number of cyclic esters (lactones) is 1. The van der Waals surface area contributed by atoms with Gasteiger partial charge in [-0.25, -0.2) is 9.59 Å². The Hall–Kier alpha value is -4.08. The molecule has 2 saturated heterocycles. The van der Waals surface area contributed by atoms with E-state index in [-0.39, 0.29) is 36.1 Å². The van der Waals surface area contributed by atoms with Crippen LogP contribution in [0.3, 0.4) is 0 Å². The molecular formula is C39H57N3O12. The maximum atomic E-state index is 14.4. The molecule has 54 heavy (non-hydrogen) atoms. The smallest absolute Gasteiger partial charge is 0.457 e. The number of hydrogen-bond donors (Lipinski definition) is 3. The minimum atomic E-state index is -1.79. The number of Topliss-reactive ketones (excluding diaryl/α,β-unsaturated/α-hetero) is 1. The minimum Gasteiger partial charge on any atom is -0.457 e. The van der Waals surface area contributed by atoms with Crippen molar-refractivity contribution >= 4 is 35.6 Å². The van der Waals surface area contributed by atoms with Gasteiger partial charge in [0.05, 0.1) is 17.9 Å². The highest BCUT2D eigenvalue weighted by atomic mass is 16.8. The number of nitrogens with one attached hydrogen (secondary N) is 1. The number of likely N-dealkylation sites (N-methyl/N-ethyl adjacent to an activating group) is 1. The Morgan fingerprint density at radius 2 is 1.65 bits per heavy atom. The van der Waals surface area contributed by atoms with Crippen molar-refractivity contribution < 1.29 is 58.0 Å². The largest absolute Gasteiger partial charge is 0.509 e. The monoisotopic (exact) mass is 759 g/mol. The van der Waals surface area contributed by atoms with Crippen LogP contribution in [0.2, 0.25) is 0 Å². The number of carbonyl (C=O) groups is 5. The molecule has 0 bridgehead atoms. The summed E-state index contributed by atoms with van der Waals surface area (Å²) in [7, 11) is 3.70. The minimum absolute atomic E-state index is 0.104. The summed E-state index contributed by atoms with van der Waals surface area (Å²) in [5.74, 6) is -6.21. The number of aliphatic hydroxyl groups is 1. The molecule has 15 heteroatoms. The lowest BCUT2D eigenvalue weighted by Crippen LogP contribution is -2.59. The molecule has 3 aliphatic rings. The molecule has 0 spiro atoms. The number of aliphatic hydroxyl groups excluding tert-OH is 1. The molecule has 0 unspecified atom stereocenters. The van der Waals surface area contributed by atoms with Crippen LogP contribution >= 0.6 is 0 Å². The van der Waals surface area contributed by atoms with E-state index < -0.39 is 95.3 Å². The van der Waals surface area contributed by atoms with Crippen LogP contribution in [-0.2, 0) is 33.3 Å². The molecule has 4 rings (SSSR count). The van der Waals surface area contributed by atoms with Gasteiger partial charge in [-0.15, -0.1) is 0 Å². The number of carbonyl (C=O) groups excluding carboxylic acids is 5. The Kier molecular flexibility index (Phi) is 13.6. The van der Waals surface area contributed by atoms with Gasteiger partial charge < -0.3 is 38.9 Å². The molecule has 3 fully saturated rings. The number of esters is 1. The summed E-state index contributed by atoms with van der Waals surface area (Å²) in [6, 6.07) is 7.75. The number of nitrogens with zero attached hydrogens (tertiary/aromatic N) is 2. The number of ether oxygens (including phenoxy) is 5. The van der Waals surface area contributed by atoms with Crippen LogP contribution in [0.5, 0.6) is 0 Å². The number of hydrogen-bond acceptors (Lipinski definition) is 14. The third-order valence-corrected chi connectivity index (χ3v) is 11.5. The van der Waals surface area contributed by atoms with Crippen molar-refractivity contribution in [2.45, 2.75) is 129 Å². The molecule has 0 radical (unpaired) electrons. The standard InChI is InChI=1S/C39H57N3O12/c1-11-28-39(8)33(52-37(48)54-39)22(4)29(41-49)21(3)19-38(7,53-36(47)40-34(45)25-15-13-12-14-16-25)32(23(5)30(43)24(6)35(46)51-28)50-27-18-20(2)17-26(31(27)44)42(9)10/h12-16,20-24,26-28,31-33,44,49H,11,17-19H2,1-10H3,(H,40,45,47)/b41-29+/t20-,21-,22+,23+,24-,26+,27-,28-,31-,32-,33-,38+,39-/m1/s1. The normalized spacial score (nSPS) is 38.8. The number of ketones is 1. The maximum Gasteiger partial charge on any atom is 0.509 e. The molecule has 13 atom stereocenters. The highest BCUT2D eigenvalue weighted by Gasteiger charge is 2.59. The van der Waals surface area contributed by atoms with Gasteiger partial charge >= 0.3 is 18.2 Å². The van der Waals surface area contributed by atoms with Crippen molar-refractivity contribution in [2.75, 3.05) is 14.1 Å². The summed E-state index contributed by atoms with van der Waals surface area (Å²) >= 11 is 0. The fraction of sp³-hybridized carbons (Fsp3) is 0.692. The number of benzene rings is 1. The van der Waals surface area contributed by atoms with Gasteiger partial charge in [-0.05, 0) is 78.6 Å². The molecular weight excluding hydrogens is 702 g/mol. The van der Waals surface area contributed by atoms with Crippen molar-refractivity contribution in [1.29, 1.82) is 0 Å². The first-order valence-corrected chi connectivity index (χ1v) is 18.7. The van der Waals surface area contributed by atoms with Crippen LogP contribution in [0.15, 0.2) is 35.5 Å². The molecule has 2 amide bonds. The van der Waals surface area contributed by atoms with Gasteiger partial charge in [0.2, 0.25) is 0 Å². The summed E-state index contributed by atoms with van der Waals surface area (Å²) in [5.41, 5.74) is -2.99. The average molecular weight is 760 g/mol. The van der Waals surface area contributed by atoms with Crippen molar-refractivity contribution in [3.8, 4) is 0 Å². The third-order valence-electron chi connectivity index (χ3n) is 11.5. The lowest BCUT2D eigenvalue weighted by molar-refractivity contribution is -0.197. The Labute approximate surface area is 317 Å². The Morgan fingerprint density at radius 3 is 2.24 bits per heavy atom. The molecule has 1 saturated carbocycles. The van der Waals surface area contributed by atoms with E-state index in [2.05, 4.69) is 10.5 Å². The topological polar surface area (TPSA) is 200 Å². The van der Waals surface area contributed by atoms with Gasteiger partial charge in [-0.2, -0.15) is 0 Å². The van der Waals surface area contributed by atoms with Gasteiger partial charge in [0.1, 0.15) is 23.7 Å². The number of oxime groups is 1. The first-order valence-electron chi connectivity index (χ1n) is 18.7. The average Bonchev–Trinajstić information content (AvgIpc) is 3.43. The first-order chi connectivity index (χ1) is 25.3. The SMILES string of the molecule is CC[C@H]1OC(=O)[C@H](C)C(=O)[C@H](C)[C@@H](O[C@@H]2C[C@H](C)C[C@H](N(C)C)[C@H]2O)[C@@](C)(OC(=O)NC(=O)c2ccccc2)C[C@@H](C)/C(=N\O)[C@H](C)[C@H]2OC(=O)O[C@@]21C. The second-order valence-electron chi connectivity index (χ2n) is 16.0. The van der Waals surface area contributed by atoms with Gasteiger partial charge in [0.15, 0.2) is 17.5 Å². The van der Waals surface area contributed by atoms with Crippen LogP contribution in [0.4, 0.5) is 9.59 Å². The van der Waals surface area contributed by atoms with Gasteiger partial charge in [-0.1, -0.05) is 58.0 Å². The molecule has 2 aliphatic heterocycles. The Balaban J connectivity index is 1.86. The van der Waals surface area contributed by atoms with Crippen LogP contribution < -0.4 is 5.32 Å². The Bertz CT molecular complexity index is 1570. The quantitative estimate of drug-likeness (QED) is 0.118. The van der Waals surface area contributed by atoms with Gasteiger partial charge in [0, 0.05) is 29.4 Å². The van der Waals surface area contributed by atoms with E-state index in [1.807, 2.05) is 25.9 Å². The summed E-state index contributed by atoms with van der Waals surface area (Å²) in [5, 5.41) is 28.0. The number of fused-ring (bicyclic) bond motifs is 1. The first kappa shape index (κ1) is 42.7. The zero-order valence-corrected chi connectivity index (χ0v) is 32.9. The van der Waals surface area contributed by atoms with E-state index in [9.17, 15) is 34.3 Å². The highest BCUT2D eigenvalue weighted by Crippen LogP contribution is 2.42. The molecule has 2 heterocycles. The number of amides is 2. The fourth-order valence-electron chi connectivity index (χ4n) is 8.61. The summed E-state index contributed by atoms with van der Waals surface area (Å²) in [4.78, 5) is 69.5. The number of rotatable bonds is 6. The van der Waals surface area contributed by atoms with Crippen molar-refractivity contribution in [3.63, 3.8) is 0 Å². The van der Waals surface area contributed by atoms with E-state index in [0.717, 1.165) is 0 Å². The fourth-order valence-corrected chi connectivity index (χ4v) is 8.61. The Morgan fingerprint density at radius 1 is 1.00 bits per heavy atom. The van der Waals surface area contributed by atoms with Crippen molar-refractivity contribution in [1.82, 2.24) is 10.2 Å². The molecule has 300 valence electrons. The predicted molar refractivity (Wildman–Crippen MR) is 195 cm³/mol. The number of imide groups is 1. The van der Waals surface area contributed by atoms with Crippen LogP contribution in [0.1, 0.15) is 91.4 Å². The second kappa shape index (κ2) is 17.2. The van der Waals surface area contributed by atoms with E-state index in [1.165, 1.54) is 26.0 Å². The molecule has 1 aromatic rings. The molecule has 15 nitrogen and oxygen atoms in total. The third kappa shape index (κ3) is 8.89. The number of alkyl carbamates (subject to hydrolysis) is 1. The lowest BCUT2D eigenvalue weighted by atomic mass is 9.73. The second-order valence-corrected chi connectivity index (χ2v) is 16.0. The summed E-state index contributed by atoms with van der Waals surface area (Å²) in [6.07, 6.45) is -6.29. The van der Waals surface area contributed by atoms with Crippen molar-refractivity contribution in [2.24, 2.45) is 34.7 Å². The van der Waals surface area contributed by atoms with E-state index in [4.69, 9.17) is 23.7 Å². The van der Waals surface area contributed by atoms with E-state index >= 15 is 0 Å². The van der Waals surface area contributed by atoms with Gasteiger partial charge in [-0.3, -0.25) is 19.7 Å². The van der Waals surface area contributed by atoms with Gasteiger partial charge in [0.25, 0.3) is 5.91 Å². The summed E-state index contributed by atoms with van der Waals surface area (Å²) in [6.45, 7) is 13.2. The zero-order chi connectivity index (χ0) is 40.3. The van der Waals surface area contributed by atoms with Crippen LogP contribution in [0, 0.1) is 29.6 Å². The predicted octanol–water partition coefficient (Wildman–Crippen LogP) is 4.75. The van der Waals surface area contributed by atoms with E-state index in [1.54, 1.807) is 52.8 Å². The van der Waals surface area contributed by atoms with Crippen LogP contribution in [-0.4, -0.2) is 113 Å². The lowest BCUT2D eigenvalue weighted by Gasteiger charge is -2.47. The molecule has 0 aromatic heterocycles. The molecule has 1 aromatic carbocycles. The summed E-state index contributed by atoms with van der Waals surface area (Å²) < 4.78 is 30.1. The van der Waals surface area contributed by atoms with Crippen LogP contribution in [0.25, 0.3) is 0 Å². The maximum absolute atomic E-state index is 14.4.